The zero-order valence-electron chi connectivity index (χ0n) is 19.1. The zero-order chi connectivity index (χ0) is 26.7. The molecule has 6 nitrogen and oxygen atoms in total. The molecule has 3 rings (SSSR count). The quantitative estimate of drug-likeness (QED) is 0.342. The number of nitrogens with zero attached hydrogens (tertiary/aromatic N) is 1. The maximum atomic E-state index is 13.1. The number of nitrogens with one attached hydrogen (secondary N) is 1. The van der Waals surface area contributed by atoms with Gasteiger partial charge in [-0.05, 0) is 67.6 Å². The maximum Gasteiger partial charge on any atom is 0.416 e. The third-order valence-electron chi connectivity index (χ3n) is 5.08. The van der Waals surface area contributed by atoms with E-state index in [1.807, 2.05) is 0 Å². The number of benzene rings is 3. The van der Waals surface area contributed by atoms with Crippen molar-refractivity contribution in [3.63, 3.8) is 0 Å². The number of hydrogen-bond donors (Lipinski definition) is 1. The van der Waals surface area contributed by atoms with Crippen LogP contribution in [0.15, 0.2) is 65.6 Å². The summed E-state index contributed by atoms with van der Waals surface area (Å²) in [5.74, 6) is -0.381. The van der Waals surface area contributed by atoms with Crippen molar-refractivity contribution in [3.8, 4) is 5.75 Å². The summed E-state index contributed by atoms with van der Waals surface area (Å²) < 4.78 is 71.8. The summed E-state index contributed by atoms with van der Waals surface area (Å²) in [4.78, 5) is 12.9. The fraction of sp³-hybridized carbons (Fsp3) is 0.208. The molecule has 0 aliphatic carbocycles. The molecule has 0 bridgehead atoms. The molecule has 0 spiro atoms. The van der Waals surface area contributed by atoms with E-state index in [0.717, 1.165) is 22.5 Å². The molecule has 0 heterocycles. The van der Waals surface area contributed by atoms with Crippen LogP contribution in [0.5, 0.6) is 5.75 Å². The van der Waals surface area contributed by atoms with Gasteiger partial charge in [0.2, 0.25) is 10.0 Å². The first-order valence-corrected chi connectivity index (χ1v) is 12.7. The van der Waals surface area contributed by atoms with Crippen molar-refractivity contribution in [2.24, 2.45) is 0 Å². The van der Waals surface area contributed by atoms with Gasteiger partial charge < -0.3 is 10.1 Å². The molecule has 3 aromatic carbocycles. The molecule has 1 amide bonds. The van der Waals surface area contributed by atoms with Crippen LogP contribution in [0.3, 0.4) is 0 Å². The van der Waals surface area contributed by atoms with Crippen LogP contribution in [-0.4, -0.2) is 32.3 Å². The summed E-state index contributed by atoms with van der Waals surface area (Å²) in [6.07, 6.45) is -4.61. The molecule has 0 fully saturated rings. The smallest absolute Gasteiger partial charge is 0.416 e. The van der Waals surface area contributed by atoms with Crippen LogP contribution in [-0.2, 0) is 22.7 Å². The molecule has 0 aromatic heterocycles. The van der Waals surface area contributed by atoms with Crippen molar-refractivity contribution in [2.45, 2.75) is 24.5 Å². The number of carbonyl (C=O) groups excluding carboxylic acids is 1. The minimum atomic E-state index is -4.61. The lowest BCUT2D eigenvalue weighted by atomic mass is 10.1. The van der Waals surface area contributed by atoms with E-state index >= 15 is 0 Å². The van der Waals surface area contributed by atoms with Crippen LogP contribution >= 0.6 is 23.2 Å². The first-order chi connectivity index (χ1) is 16.8. The molecule has 1 N–H and O–H groups in total. The molecule has 3 aromatic rings. The number of carbonyl (C=O) groups is 1. The van der Waals surface area contributed by atoms with E-state index in [1.54, 1.807) is 6.92 Å². The van der Waals surface area contributed by atoms with Gasteiger partial charge in [0, 0.05) is 29.7 Å². The Morgan fingerprint density at radius 3 is 2.31 bits per heavy atom. The molecule has 12 heteroatoms. The van der Waals surface area contributed by atoms with E-state index in [0.29, 0.717) is 16.3 Å². The second kappa shape index (κ2) is 11.1. The predicted molar refractivity (Wildman–Crippen MR) is 132 cm³/mol. The molecule has 0 saturated heterocycles. The highest BCUT2D eigenvalue weighted by Gasteiger charge is 2.31. The predicted octanol–water partition coefficient (Wildman–Crippen LogP) is 6.48. The van der Waals surface area contributed by atoms with E-state index in [9.17, 15) is 26.4 Å². The number of amides is 1. The molecule has 0 aliphatic heterocycles. The molecule has 0 atom stereocenters. The third-order valence-corrected chi connectivity index (χ3v) is 7.48. The maximum absolute atomic E-state index is 13.1. The lowest BCUT2D eigenvalue weighted by molar-refractivity contribution is -0.137. The Morgan fingerprint density at radius 2 is 1.69 bits per heavy atom. The minimum Gasteiger partial charge on any atom is -0.494 e. The van der Waals surface area contributed by atoms with Gasteiger partial charge in [-0.15, -0.1) is 0 Å². The van der Waals surface area contributed by atoms with Crippen molar-refractivity contribution in [3.05, 3.63) is 87.4 Å². The van der Waals surface area contributed by atoms with Gasteiger partial charge in [0.1, 0.15) is 5.75 Å². The monoisotopic (exact) mass is 560 g/mol. The van der Waals surface area contributed by atoms with E-state index in [4.69, 9.17) is 27.9 Å². The first kappa shape index (κ1) is 27.8. The van der Waals surface area contributed by atoms with Crippen molar-refractivity contribution in [1.82, 2.24) is 4.31 Å². The number of halogens is 5. The Labute approximate surface area is 216 Å². The highest BCUT2D eigenvalue weighted by atomic mass is 35.5. The Morgan fingerprint density at radius 1 is 1.03 bits per heavy atom. The fourth-order valence-corrected chi connectivity index (χ4v) is 4.68. The van der Waals surface area contributed by atoms with Crippen LogP contribution < -0.4 is 10.1 Å². The number of alkyl halides is 3. The lowest BCUT2D eigenvalue weighted by Gasteiger charge is -2.20. The Bertz CT molecular complexity index is 1360. The van der Waals surface area contributed by atoms with Gasteiger partial charge in [0.15, 0.2) is 0 Å². The molecule has 192 valence electrons. The van der Waals surface area contributed by atoms with Crippen molar-refractivity contribution >= 4 is 44.8 Å². The molecule has 0 saturated carbocycles. The van der Waals surface area contributed by atoms with Crippen LogP contribution in [0.2, 0.25) is 10.0 Å². The van der Waals surface area contributed by atoms with Gasteiger partial charge in [-0.1, -0.05) is 23.2 Å². The Balaban J connectivity index is 1.90. The lowest BCUT2D eigenvalue weighted by Crippen LogP contribution is -2.27. The van der Waals surface area contributed by atoms with Crippen LogP contribution in [0, 0.1) is 0 Å². The summed E-state index contributed by atoms with van der Waals surface area (Å²) in [6, 6.07) is 12.6. The molecular formula is C24H21Cl2F3N2O4S. The SMILES string of the molecule is CCOc1ccc(C(=O)Nc2cc(C(F)(F)F)ccc2Cl)cc1CN(C)S(=O)(=O)c1ccc(Cl)cc1. The van der Waals surface area contributed by atoms with Crippen LogP contribution in [0.1, 0.15) is 28.4 Å². The van der Waals surface area contributed by atoms with Crippen LogP contribution in [0.25, 0.3) is 0 Å². The minimum absolute atomic E-state index is 0.0282. The van der Waals surface area contributed by atoms with Gasteiger partial charge in [-0.25, -0.2) is 8.42 Å². The molecule has 36 heavy (non-hydrogen) atoms. The number of hydrogen-bond acceptors (Lipinski definition) is 4. The first-order valence-electron chi connectivity index (χ1n) is 10.5. The number of ether oxygens (including phenoxy) is 1. The van der Waals surface area contributed by atoms with Crippen molar-refractivity contribution < 1.29 is 31.1 Å². The topological polar surface area (TPSA) is 75.7 Å². The average molecular weight is 561 g/mol. The van der Waals surface area contributed by atoms with E-state index in [-0.39, 0.29) is 34.3 Å². The highest BCUT2D eigenvalue weighted by Crippen LogP contribution is 2.34. The van der Waals surface area contributed by atoms with Crippen LogP contribution in [0.4, 0.5) is 18.9 Å². The molecule has 0 radical (unpaired) electrons. The van der Waals surface area contributed by atoms with Gasteiger partial charge >= 0.3 is 6.18 Å². The third kappa shape index (κ3) is 6.50. The summed E-state index contributed by atoms with van der Waals surface area (Å²) >= 11 is 11.8. The van der Waals surface area contributed by atoms with E-state index in [2.05, 4.69) is 5.32 Å². The van der Waals surface area contributed by atoms with Crippen molar-refractivity contribution in [2.75, 3.05) is 19.0 Å². The average Bonchev–Trinajstić information content (AvgIpc) is 2.81. The zero-order valence-corrected chi connectivity index (χ0v) is 21.4. The summed E-state index contributed by atoms with van der Waals surface area (Å²) in [5, 5.41) is 2.69. The molecule has 0 unspecified atom stereocenters. The Hall–Kier alpha value is -2.79. The normalized spacial score (nSPS) is 12.0. The van der Waals surface area contributed by atoms with Gasteiger partial charge in [0.25, 0.3) is 5.91 Å². The number of rotatable bonds is 8. The molecular weight excluding hydrogens is 540 g/mol. The van der Waals surface area contributed by atoms with E-state index < -0.39 is 27.7 Å². The summed E-state index contributed by atoms with van der Waals surface area (Å²) in [5.41, 5.74) is -0.739. The standard InChI is InChI=1S/C24H21Cl2F3N2O4S/c1-3-35-22-11-4-15(23(32)30-21-13-17(24(27,28)29)5-10-20(21)26)12-16(22)14-31(2)36(33,34)19-8-6-18(25)7-9-19/h4-13H,3,14H2,1-2H3,(H,30,32). The number of anilines is 1. The number of sulfonamides is 1. The highest BCUT2D eigenvalue weighted by molar-refractivity contribution is 7.89. The molecule has 0 aliphatic rings. The van der Waals surface area contributed by atoms with Gasteiger partial charge in [-0.2, -0.15) is 17.5 Å². The van der Waals surface area contributed by atoms with Crippen molar-refractivity contribution in [1.29, 1.82) is 0 Å². The van der Waals surface area contributed by atoms with Gasteiger partial charge in [0.05, 0.1) is 27.8 Å². The van der Waals surface area contributed by atoms with E-state index in [1.165, 1.54) is 49.5 Å². The largest absolute Gasteiger partial charge is 0.494 e. The van der Waals surface area contributed by atoms with Gasteiger partial charge in [-0.3, -0.25) is 4.79 Å². The second-order valence-corrected chi connectivity index (χ2v) is 10.5. The Kier molecular flexibility index (Phi) is 8.55. The summed E-state index contributed by atoms with van der Waals surface area (Å²) in [7, 11) is -2.53. The fourth-order valence-electron chi connectivity index (χ4n) is 3.24. The summed E-state index contributed by atoms with van der Waals surface area (Å²) in [6.45, 7) is 1.88. The second-order valence-electron chi connectivity index (χ2n) is 7.62.